The van der Waals surface area contributed by atoms with E-state index in [0.29, 0.717) is 17.7 Å². The zero-order valence-electron chi connectivity index (χ0n) is 13.2. The van der Waals surface area contributed by atoms with Crippen LogP contribution in [-0.4, -0.2) is 37.0 Å². The van der Waals surface area contributed by atoms with E-state index in [1.807, 2.05) is 6.92 Å². The Morgan fingerprint density at radius 2 is 1.96 bits per heavy atom. The summed E-state index contributed by atoms with van der Waals surface area (Å²) < 4.78 is 9.34. The molecule has 8 nitrogen and oxygen atoms in total. The molecule has 1 rings (SSSR count). The Bertz CT molecular complexity index is 572. The highest BCUT2D eigenvalue weighted by molar-refractivity contribution is 7.11. The van der Waals surface area contributed by atoms with Gasteiger partial charge in [0.15, 0.2) is 0 Å². The van der Waals surface area contributed by atoms with Crippen LogP contribution in [-0.2, 0) is 14.3 Å². The first kappa shape index (κ1) is 18.8. The predicted octanol–water partition coefficient (Wildman–Crippen LogP) is 3.46. The summed E-state index contributed by atoms with van der Waals surface area (Å²) in [5.41, 5.74) is 0.493. The van der Waals surface area contributed by atoms with E-state index >= 15 is 0 Å². The molecule has 2 amide bonds. The maximum atomic E-state index is 11.7. The van der Waals surface area contributed by atoms with Gasteiger partial charge in [-0.1, -0.05) is 13.3 Å². The second-order valence-corrected chi connectivity index (χ2v) is 5.44. The van der Waals surface area contributed by atoms with Crippen molar-refractivity contribution >= 4 is 40.9 Å². The number of methoxy groups -OCH3 is 1. The predicted molar refractivity (Wildman–Crippen MR) is 86.3 cm³/mol. The van der Waals surface area contributed by atoms with Crippen LogP contribution in [0.25, 0.3) is 0 Å². The number of hydrogen-bond acceptors (Lipinski definition) is 6. The monoisotopic (exact) mass is 344 g/mol. The van der Waals surface area contributed by atoms with Crippen molar-refractivity contribution in [2.75, 3.05) is 24.4 Å². The van der Waals surface area contributed by atoms with Gasteiger partial charge in [0.2, 0.25) is 0 Å². The number of carboxylic acid groups (broad SMARTS) is 1. The van der Waals surface area contributed by atoms with Gasteiger partial charge in [0.25, 0.3) is 0 Å². The third kappa shape index (κ3) is 5.13. The topological polar surface area (TPSA) is 114 Å². The molecule has 9 heteroatoms. The number of amides is 2. The van der Waals surface area contributed by atoms with Crippen molar-refractivity contribution in [3.8, 4) is 0 Å². The van der Waals surface area contributed by atoms with E-state index in [0.717, 1.165) is 11.3 Å². The van der Waals surface area contributed by atoms with Gasteiger partial charge in [-0.3, -0.25) is 15.4 Å². The average Bonchev–Trinajstić information content (AvgIpc) is 2.87. The molecular weight excluding hydrogens is 324 g/mol. The lowest BCUT2D eigenvalue weighted by Crippen LogP contribution is -2.19. The lowest BCUT2D eigenvalue weighted by atomic mass is 10.0. The molecule has 128 valence electrons. The van der Waals surface area contributed by atoms with E-state index in [9.17, 15) is 19.5 Å². The van der Waals surface area contributed by atoms with Crippen LogP contribution in [0, 0.1) is 0 Å². The van der Waals surface area contributed by atoms with E-state index in [-0.39, 0.29) is 18.0 Å². The zero-order valence-corrected chi connectivity index (χ0v) is 14.0. The molecule has 0 spiro atoms. The first-order valence-electron chi connectivity index (χ1n) is 7.07. The van der Waals surface area contributed by atoms with E-state index in [4.69, 9.17) is 4.74 Å². The summed E-state index contributed by atoms with van der Waals surface area (Å²) in [6.45, 7) is 3.69. The van der Waals surface area contributed by atoms with E-state index in [1.165, 1.54) is 7.11 Å². The molecule has 23 heavy (non-hydrogen) atoms. The molecule has 0 radical (unpaired) electrons. The zero-order chi connectivity index (χ0) is 17.4. The summed E-state index contributed by atoms with van der Waals surface area (Å²) in [5, 5.41) is 15.9. The Labute approximate surface area is 137 Å². The smallest absolute Gasteiger partial charge is 0.411 e. The standard InChI is InChI=1S/C14H20N2O6S/c1-4-6-8(12(17)18)11-10(16-14(20)22-5-2)9(7-23-11)15-13(19)21-3/h7-8H,4-6H2,1-3H3,(H,15,19)(H,16,20)(H,17,18). The molecule has 3 N–H and O–H groups in total. The first-order valence-corrected chi connectivity index (χ1v) is 7.95. The largest absolute Gasteiger partial charge is 0.481 e. The molecule has 0 saturated heterocycles. The van der Waals surface area contributed by atoms with Crippen LogP contribution in [0.3, 0.4) is 0 Å². The van der Waals surface area contributed by atoms with Gasteiger partial charge in [-0.2, -0.15) is 0 Å². The first-order chi connectivity index (χ1) is 10.9. The Morgan fingerprint density at radius 1 is 1.26 bits per heavy atom. The summed E-state index contributed by atoms with van der Waals surface area (Å²) in [7, 11) is 1.21. The Balaban J connectivity index is 3.20. The number of anilines is 2. The van der Waals surface area contributed by atoms with Crippen molar-refractivity contribution in [3.05, 3.63) is 10.3 Å². The summed E-state index contributed by atoms with van der Waals surface area (Å²) >= 11 is 1.14. The molecule has 0 bridgehead atoms. The molecule has 0 aliphatic heterocycles. The Morgan fingerprint density at radius 3 is 2.48 bits per heavy atom. The summed E-state index contributed by atoms with van der Waals surface area (Å²) in [6.07, 6.45) is -0.372. The number of aliphatic carboxylic acids is 1. The number of hydrogen-bond donors (Lipinski definition) is 3. The van der Waals surface area contributed by atoms with Gasteiger partial charge in [-0.05, 0) is 13.3 Å². The molecule has 1 aromatic rings. The average molecular weight is 344 g/mol. The summed E-state index contributed by atoms with van der Waals surface area (Å²) in [4.78, 5) is 35.0. The van der Waals surface area contributed by atoms with Crippen molar-refractivity contribution in [1.82, 2.24) is 0 Å². The van der Waals surface area contributed by atoms with Crippen molar-refractivity contribution in [2.24, 2.45) is 0 Å². The minimum absolute atomic E-state index is 0.169. The molecule has 0 saturated carbocycles. The lowest BCUT2D eigenvalue weighted by Gasteiger charge is -2.14. The van der Waals surface area contributed by atoms with Crippen LogP contribution in [0.2, 0.25) is 0 Å². The number of rotatable bonds is 7. The molecular formula is C14H20N2O6S. The van der Waals surface area contributed by atoms with E-state index < -0.39 is 24.1 Å². The van der Waals surface area contributed by atoms with Crippen molar-refractivity contribution in [1.29, 1.82) is 0 Å². The number of nitrogens with one attached hydrogen (secondary N) is 2. The van der Waals surface area contributed by atoms with E-state index in [1.54, 1.807) is 12.3 Å². The maximum absolute atomic E-state index is 11.7. The Kier molecular flexibility index (Phi) is 7.33. The summed E-state index contributed by atoms with van der Waals surface area (Å²) in [5.74, 6) is -1.78. The highest BCUT2D eigenvalue weighted by Gasteiger charge is 2.27. The van der Waals surface area contributed by atoms with Gasteiger partial charge in [0.05, 0.1) is 31.0 Å². The molecule has 0 aliphatic rings. The number of carbonyl (C=O) groups is 3. The van der Waals surface area contributed by atoms with Crippen LogP contribution >= 0.6 is 11.3 Å². The van der Waals surface area contributed by atoms with Crippen LogP contribution < -0.4 is 10.6 Å². The second kappa shape index (κ2) is 8.99. The molecule has 1 heterocycles. The Hall–Kier alpha value is -2.29. The number of thiophene rings is 1. The van der Waals surface area contributed by atoms with Crippen LogP contribution in [0.4, 0.5) is 21.0 Å². The van der Waals surface area contributed by atoms with Gasteiger partial charge in [-0.15, -0.1) is 11.3 Å². The van der Waals surface area contributed by atoms with Gasteiger partial charge in [0, 0.05) is 10.3 Å². The minimum Gasteiger partial charge on any atom is -0.481 e. The van der Waals surface area contributed by atoms with Crippen molar-refractivity contribution < 1.29 is 29.0 Å². The van der Waals surface area contributed by atoms with Gasteiger partial charge >= 0.3 is 18.2 Å². The molecule has 0 fully saturated rings. The molecule has 0 aliphatic carbocycles. The highest BCUT2D eigenvalue weighted by Crippen LogP contribution is 2.40. The van der Waals surface area contributed by atoms with Crippen LogP contribution in [0.15, 0.2) is 5.38 Å². The van der Waals surface area contributed by atoms with Gasteiger partial charge in [-0.25, -0.2) is 9.59 Å². The van der Waals surface area contributed by atoms with Crippen molar-refractivity contribution in [3.63, 3.8) is 0 Å². The fourth-order valence-electron chi connectivity index (χ4n) is 1.94. The molecule has 1 atom stereocenters. The van der Waals surface area contributed by atoms with E-state index in [2.05, 4.69) is 15.4 Å². The van der Waals surface area contributed by atoms with Crippen LogP contribution in [0.1, 0.15) is 37.5 Å². The van der Waals surface area contributed by atoms with Crippen molar-refractivity contribution in [2.45, 2.75) is 32.6 Å². The number of ether oxygens (including phenoxy) is 2. The number of carbonyl (C=O) groups excluding carboxylic acids is 2. The quantitative estimate of drug-likeness (QED) is 0.698. The normalized spacial score (nSPS) is 11.4. The fourth-order valence-corrected chi connectivity index (χ4v) is 3.02. The van der Waals surface area contributed by atoms with Gasteiger partial charge < -0.3 is 14.6 Å². The second-order valence-electron chi connectivity index (χ2n) is 4.53. The maximum Gasteiger partial charge on any atom is 0.411 e. The number of carboxylic acids is 1. The fraction of sp³-hybridized carbons (Fsp3) is 0.500. The third-order valence-corrected chi connectivity index (χ3v) is 4.03. The highest BCUT2D eigenvalue weighted by atomic mass is 32.1. The summed E-state index contributed by atoms with van der Waals surface area (Å²) in [6, 6.07) is 0. The molecule has 1 aromatic heterocycles. The molecule has 0 aromatic carbocycles. The van der Waals surface area contributed by atoms with Crippen LogP contribution in [0.5, 0.6) is 0 Å². The SMILES string of the molecule is CCCC(C(=O)O)c1scc(NC(=O)OC)c1NC(=O)OCC. The molecule has 1 unspecified atom stereocenters. The third-order valence-electron chi connectivity index (χ3n) is 2.94. The minimum atomic E-state index is -0.995. The van der Waals surface area contributed by atoms with Gasteiger partial charge in [0.1, 0.15) is 0 Å². The lowest BCUT2D eigenvalue weighted by molar-refractivity contribution is -0.138.